The summed E-state index contributed by atoms with van der Waals surface area (Å²) in [5.74, 6) is 0.507. The number of aryl methyl sites for hydroxylation is 2. The van der Waals surface area contributed by atoms with Crippen LogP contribution in [0.2, 0.25) is 0 Å². The van der Waals surface area contributed by atoms with Crippen LogP contribution in [0.25, 0.3) is 0 Å². The summed E-state index contributed by atoms with van der Waals surface area (Å²) in [6, 6.07) is 13.4. The molecule has 7 heteroatoms. The van der Waals surface area contributed by atoms with Gasteiger partial charge in [0, 0.05) is 17.7 Å². The molecule has 0 bridgehead atoms. The average Bonchev–Trinajstić information content (AvgIpc) is 2.84. The number of rotatable bonds is 8. The van der Waals surface area contributed by atoms with Gasteiger partial charge in [-0.15, -0.1) is 0 Å². The van der Waals surface area contributed by atoms with E-state index in [-0.39, 0.29) is 33.7 Å². The second-order valence-electron chi connectivity index (χ2n) is 7.55. The third-order valence-corrected chi connectivity index (χ3v) is 7.07. The molecule has 0 saturated carbocycles. The van der Waals surface area contributed by atoms with Gasteiger partial charge in [-0.2, -0.15) is 0 Å². The van der Waals surface area contributed by atoms with Crippen molar-refractivity contribution in [3.63, 3.8) is 0 Å². The molecule has 0 aliphatic rings. The second-order valence-corrected chi connectivity index (χ2v) is 9.03. The van der Waals surface area contributed by atoms with Gasteiger partial charge in [-0.3, -0.25) is 4.79 Å². The summed E-state index contributed by atoms with van der Waals surface area (Å²) in [4.78, 5) is 27.0. The van der Waals surface area contributed by atoms with Gasteiger partial charge in [0.1, 0.15) is 17.2 Å². The quantitative estimate of drug-likeness (QED) is 0.338. The smallest absolute Gasteiger partial charge is 0.459 e. The number of benzene rings is 3. The first-order chi connectivity index (χ1) is 15.7. The third kappa shape index (κ3) is 4.53. The Balaban J connectivity index is 2.13. The molecule has 0 aliphatic heterocycles. The minimum atomic E-state index is -2.65. The van der Waals surface area contributed by atoms with Crippen LogP contribution in [-0.2, 0) is 4.57 Å². The molecule has 0 fully saturated rings. The summed E-state index contributed by atoms with van der Waals surface area (Å²) in [7, 11) is 1.63. The Morgan fingerprint density at radius 2 is 1.33 bits per heavy atom. The van der Waals surface area contributed by atoms with Crippen molar-refractivity contribution in [1.29, 1.82) is 0 Å². The van der Waals surface area contributed by atoms with Gasteiger partial charge in [-0.25, -0.2) is 4.79 Å². The molecule has 6 nitrogen and oxygen atoms in total. The molecule has 0 aliphatic carbocycles. The SMILES string of the molecule is COc1cc(OC)c(C(=O)[P+](=O)c2ccccc2C(=O)c2c(C)ccc(C)c2C)c(OC)c1. The molecule has 3 aromatic carbocycles. The molecule has 3 rings (SSSR count). The van der Waals surface area contributed by atoms with Crippen LogP contribution in [0.3, 0.4) is 0 Å². The number of hydrogen-bond donors (Lipinski definition) is 0. The molecule has 0 radical (unpaired) electrons. The van der Waals surface area contributed by atoms with Crippen molar-refractivity contribution in [3.8, 4) is 17.2 Å². The summed E-state index contributed by atoms with van der Waals surface area (Å²) >= 11 is 0. The third-order valence-electron chi connectivity index (χ3n) is 5.65. The molecule has 0 heterocycles. The van der Waals surface area contributed by atoms with Crippen LogP contribution in [0.4, 0.5) is 0 Å². The van der Waals surface area contributed by atoms with E-state index in [0.29, 0.717) is 11.3 Å². The van der Waals surface area contributed by atoms with Crippen LogP contribution in [-0.4, -0.2) is 32.6 Å². The van der Waals surface area contributed by atoms with Crippen LogP contribution < -0.4 is 19.5 Å². The molecule has 0 spiro atoms. The van der Waals surface area contributed by atoms with Gasteiger partial charge in [0.2, 0.25) is 5.30 Å². The van der Waals surface area contributed by atoms with Crippen LogP contribution in [0, 0.1) is 20.8 Å². The maximum Gasteiger partial charge on any atom is 0.459 e. The van der Waals surface area contributed by atoms with Gasteiger partial charge in [0.25, 0.3) is 0 Å². The molecule has 3 aromatic rings. The maximum atomic E-state index is 13.5. The first-order valence-corrected chi connectivity index (χ1v) is 11.5. The lowest BCUT2D eigenvalue weighted by Crippen LogP contribution is -2.18. The van der Waals surface area contributed by atoms with E-state index in [1.165, 1.54) is 33.5 Å². The fourth-order valence-electron chi connectivity index (χ4n) is 3.71. The Morgan fingerprint density at radius 3 is 1.91 bits per heavy atom. The fourth-order valence-corrected chi connectivity index (χ4v) is 4.96. The van der Waals surface area contributed by atoms with Gasteiger partial charge in [0.15, 0.2) is 11.3 Å². The lowest BCUT2D eigenvalue weighted by atomic mass is 9.92. The van der Waals surface area contributed by atoms with Crippen LogP contribution in [0.1, 0.15) is 43.0 Å². The summed E-state index contributed by atoms with van der Waals surface area (Å²) in [5, 5.41) is 0.169. The van der Waals surface area contributed by atoms with Crippen molar-refractivity contribution in [1.82, 2.24) is 0 Å². The Labute approximate surface area is 194 Å². The summed E-state index contributed by atoms with van der Waals surface area (Å²) < 4.78 is 29.5. The molecule has 1 atom stereocenters. The van der Waals surface area contributed by atoms with Crippen molar-refractivity contribution in [2.45, 2.75) is 20.8 Å². The van der Waals surface area contributed by atoms with Gasteiger partial charge >= 0.3 is 13.3 Å². The van der Waals surface area contributed by atoms with E-state index >= 15 is 0 Å². The standard InChI is InChI=1S/C26H26O6P/c1-15-11-12-16(2)23(17(15)3)25(27)19-9-7-8-10-22(19)33(29)26(28)24-20(31-5)13-18(30-4)14-21(24)32-6/h7-14H,1-6H3/q+1. The first kappa shape index (κ1) is 24.1. The minimum absolute atomic E-state index is 0.0343. The number of ether oxygens (including phenoxy) is 3. The molecule has 0 N–H and O–H groups in total. The van der Waals surface area contributed by atoms with E-state index in [4.69, 9.17) is 14.2 Å². The molecule has 1 unspecified atom stereocenters. The largest absolute Gasteiger partial charge is 0.496 e. The first-order valence-electron chi connectivity index (χ1n) is 10.3. The Bertz CT molecular complexity index is 1240. The number of ketones is 1. The number of carbonyl (C=O) groups excluding carboxylic acids is 2. The molecule has 33 heavy (non-hydrogen) atoms. The summed E-state index contributed by atoms with van der Waals surface area (Å²) in [5.41, 5.74) is 2.78. The predicted molar refractivity (Wildman–Crippen MR) is 128 cm³/mol. The monoisotopic (exact) mass is 465 g/mol. The van der Waals surface area contributed by atoms with E-state index < -0.39 is 13.3 Å². The topological polar surface area (TPSA) is 78.9 Å². The highest BCUT2D eigenvalue weighted by atomic mass is 31.1. The van der Waals surface area contributed by atoms with E-state index in [0.717, 1.165) is 16.7 Å². The predicted octanol–water partition coefficient (Wildman–Crippen LogP) is 5.16. The summed E-state index contributed by atoms with van der Waals surface area (Å²) in [6.45, 7) is 5.68. The zero-order valence-corrected chi connectivity index (χ0v) is 20.4. The lowest BCUT2D eigenvalue weighted by molar-refractivity contribution is 0.103. The highest BCUT2D eigenvalue weighted by Crippen LogP contribution is 2.40. The van der Waals surface area contributed by atoms with Crippen LogP contribution in [0.15, 0.2) is 48.5 Å². The lowest BCUT2D eigenvalue weighted by Gasteiger charge is -2.12. The zero-order valence-electron chi connectivity index (χ0n) is 19.5. The molecule has 170 valence electrons. The molecule has 0 amide bonds. The second kappa shape index (κ2) is 9.97. The Kier molecular flexibility index (Phi) is 7.29. The number of methoxy groups -OCH3 is 3. The normalized spacial score (nSPS) is 11.0. The number of hydrogen-bond acceptors (Lipinski definition) is 6. The van der Waals surface area contributed by atoms with E-state index in [1.54, 1.807) is 24.3 Å². The van der Waals surface area contributed by atoms with Crippen LogP contribution >= 0.6 is 7.80 Å². The van der Waals surface area contributed by atoms with Gasteiger partial charge in [-0.05, 0) is 49.6 Å². The van der Waals surface area contributed by atoms with Crippen LogP contribution in [0.5, 0.6) is 17.2 Å². The highest BCUT2D eigenvalue weighted by molar-refractivity contribution is 7.71. The Hall–Kier alpha value is -3.50. The van der Waals surface area contributed by atoms with E-state index in [1.807, 2.05) is 32.9 Å². The summed E-state index contributed by atoms with van der Waals surface area (Å²) in [6.07, 6.45) is 0. The van der Waals surface area contributed by atoms with Crippen molar-refractivity contribution < 1.29 is 28.4 Å². The zero-order chi connectivity index (χ0) is 24.3. The van der Waals surface area contributed by atoms with Crippen molar-refractivity contribution in [3.05, 3.63) is 81.9 Å². The van der Waals surface area contributed by atoms with E-state index in [2.05, 4.69) is 0 Å². The van der Waals surface area contributed by atoms with Crippen molar-refractivity contribution in [2.75, 3.05) is 21.3 Å². The maximum absolute atomic E-state index is 13.5. The average molecular weight is 465 g/mol. The molecular formula is C26H26O6P+. The molecule has 0 aromatic heterocycles. The van der Waals surface area contributed by atoms with Gasteiger partial charge in [0.05, 0.1) is 26.9 Å². The Morgan fingerprint density at radius 1 is 0.758 bits per heavy atom. The van der Waals surface area contributed by atoms with Gasteiger partial charge in [-0.1, -0.05) is 28.8 Å². The molecular weight excluding hydrogens is 439 g/mol. The van der Waals surface area contributed by atoms with Crippen molar-refractivity contribution in [2.24, 2.45) is 0 Å². The molecule has 0 saturated heterocycles. The van der Waals surface area contributed by atoms with Gasteiger partial charge < -0.3 is 14.2 Å². The van der Waals surface area contributed by atoms with Crippen molar-refractivity contribution >= 4 is 24.4 Å². The fraction of sp³-hybridized carbons (Fsp3) is 0.231. The van der Waals surface area contributed by atoms with E-state index in [9.17, 15) is 14.2 Å². The minimum Gasteiger partial charge on any atom is -0.496 e. The number of carbonyl (C=O) groups is 2. The highest BCUT2D eigenvalue weighted by Gasteiger charge is 2.41.